The van der Waals surface area contributed by atoms with Gasteiger partial charge in [-0.3, -0.25) is 14.6 Å². The number of carbonyl (C=O) groups is 2. The van der Waals surface area contributed by atoms with Crippen molar-refractivity contribution in [1.29, 1.82) is 0 Å². The molecule has 0 fully saturated rings. The van der Waals surface area contributed by atoms with Gasteiger partial charge >= 0.3 is 0 Å². The van der Waals surface area contributed by atoms with Crippen LogP contribution in [0.1, 0.15) is 6.92 Å². The molecule has 1 amide bonds. The fraction of sp³-hybridized carbons (Fsp3) is 0.222. The second kappa shape index (κ2) is 5.39. The van der Waals surface area contributed by atoms with Crippen LogP contribution in [-0.2, 0) is 9.59 Å². The molecule has 0 radical (unpaired) electrons. The number of amides is 1. The van der Waals surface area contributed by atoms with E-state index in [2.05, 4.69) is 10.3 Å². The van der Waals surface area contributed by atoms with E-state index in [0.29, 0.717) is 5.69 Å². The first-order chi connectivity index (χ1) is 6.68. The van der Waals surface area contributed by atoms with E-state index in [1.807, 2.05) is 0 Å². The molecule has 0 aromatic carbocycles. The molecular formula is C9H10N2O2S. The van der Waals surface area contributed by atoms with Crippen LogP contribution in [0.15, 0.2) is 24.5 Å². The van der Waals surface area contributed by atoms with Crippen molar-refractivity contribution in [2.24, 2.45) is 0 Å². The topological polar surface area (TPSA) is 59.1 Å². The van der Waals surface area contributed by atoms with Gasteiger partial charge in [0, 0.05) is 25.0 Å². The molecule has 0 saturated carbocycles. The van der Waals surface area contributed by atoms with Gasteiger partial charge in [-0.2, -0.15) is 0 Å². The minimum atomic E-state index is -0.184. The molecule has 4 nitrogen and oxygen atoms in total. The van der Waals surface area contributed by atoms with Crippen molar-refractivity contribution in [2.45, 2.75) is 6.92 Å². The third-order valence-electron chi connectivity index (χ3n) is 1.37. The zero-order chi connectivity index (χ0) is 10.4. The maximum Gasteiger partial charge on any atom is 0.234 e. The van der Waals surface area contributed by atoms with Crippen LogP contribution < -0.4 is 5.32 Å². The number of pyridine rings is 1. The zero-order valence-electron chi connectivity index (χ0n) is 7.69. The van der Waals surface area contributed by atoms with Crippen LogP contribution in [0.5, 0.6) is 0 Å². The number of hydrogen-bond donors (Lipinski definition) is 1. The normalized spacial score (nSPS) is 9.50. The molecule has 0 aliphatic rings. The highest BCUT2D eigenvalue weighted by Gasteiger charge is 2.03. The molecule has 1 heterocycles. The highest BCUT2D eigenvalue weighted by molar-refractivity contribution is 8.14. The van der Waals surface area contributed by atoms with E-state index < -0.39 is 0 Å². The number of nitrogens with zero attached hydrogens (tertiary/aromatic N) is 1. The maximum atomic E-state index is 11.2. The molecule has 0 spiro atoms. The summed E-state index contributed by atoms with van der Waals surface area (Å²) < 4.78 is 0. The number of thioether (sulfide) groups is 1. The van der Waals surface area contributed by atoms with Gasteiger partial charge in [-0.1, -0.05) is 11.8 Å². The summed E-state index contributed by atoms with van der Waals surface area (Å²) in [5.74, 6) is -0.0334. The van der Waals surface area contributed by atoms with Crippen LogP contribution in [0, 0.1) is 0 Å². The number of hydrogen-bond acceptors (Lipinski definition) is 4. The maximum absolute atomic E-state index is 11.2. The molecule has 0 bridgehead atoms. The number of rotatable bonds is 3. The van der Waals surface area contributed by atoms with E-state index in [1.165, 1.54) is 6.92 Å². The second-order valence-electron chi connectivity index (χ2n) is 2.56. The zero-order valence-corrected chi connectivity index (χ0v) is 8.50. The highest BCUT2D eigenvalue weighted by Crippen LogP contribution is 2.06. The Morgan fingerprint density at radius 1 is 1.43 bits per heavy atom. The van der Waals surface area contributed by atoms with E-state index in [9.17, 15) is 9.59 Å². The molecule has 1 N–H and O–H groups in total. The quantitative estimate of drug-likeness (QED) is 0.817. The van der Waals surface area contributed by atoms with Crippen molar-refractivity contribution >= 4 is 28.5 Å². The fourth-order valence-corrected chi connectivity index (χ4v) is 1.21. The SMILES string of the molecule is CC(=O)SCC(=O)Nc1ccncc1. The van der Waals surface area contributed by atoms with E-state index >= 15 is 0 Å². The minimum Gasteiger partial charge on any atom is -0.325 e. The Kier molecular flexibility index (Phi) is 4.12. The standard InChI is InChI=1S/C9H10N2O2S/c1-7(12)14-6-9(13)11-8-2-4-10-5-3-8/h2-5H,6H2,1H3,(H,10,11,13). The van der Waals surface area contributed by atoms with Crippen molar-refractivity contribution in [2.75, 3.05) is 11.1 Å². The highest BCUT2D eigenvalue weighted by atomic mass is 32.2. The predicted octanol–water partition coefficient (Wildman–Crippen LogP) is 1.30. The van der Waals surface area contributed by atoms with E-state index in [4.69, 9.17) is 0 Å². The average molecular weight is 210 g/mol. The van der Waals surface area contributed by atoms with Crippen LogP contribution in [0.3, 0.4) is 0 Å². The van der Waals surface area contributed by atoms with E-state index in [1.54, 1.807) is 24.5 Å². The van der Waals surface area contributed by atoms with Crippen molar-refractivity contribution in [3.63, 3.8) is 0 Å². The largest absolute Gasteiger partial charge is 0.325 e. The van der Waals surface area contributed by atoms with Gasteiger partial charge in [-0.05, 0) is 12.1 Å². The summed E-state index contributed by atoms with van der Waals surface area (Å²) in [7, 11) is 0. The van der Waals surface area contributed by atoms with Crippen molar-refractivity contribution in [1.82, 2.24) is 4.98 Å². The molecule has 74 valence electrons. The molecular weight excluding hydrogens is 200 g/mol. The Bertz CT molecular complexity index is 327. The third kappa shape index (κ3) is 4.04. The van der Waals surface area contributed by atoms with Crippen molar-refractivity contribution in [3.05, 3.63) is 24.5 Å². The monoisotopic (exact) mass is 210 g/mol. The van der Waals surface area contributed by atoms with Gasteiger partial charge in [0.25, 0.3) is 0 Å². The first-order valence-electron chi connectivity index (χ1n) is 4.02. The first-order valence-corrected chi connectivity index (χ1v) is 5.00. The average Bonchev–Trinajstić information content (AvgIpc) is 2.16. The number of anilines is 1. The molecule has 5 heteroatoms. The minimum absolute atomic E-state index is 0.0603. The summed E-state index contributed by atoms with van der Waals surface area (Å²) in [6.07, 6.45) is 3.18. The predicted molar refractivity (Wildman–Crippen MR) is 56.0 cm³/mol. The molecule has 0 atom stereocenters. The van der Waals surface area contributed by atoms with Gasteiger partial charge in [-0.15, -0.1) is 0 Å². The van der Waals surface area contributed by atoms with Crippen molar-refractivity contribution < 1.29 is 9.59 Å². The smallest absolute Gasteiger partial charge is 0.234 e. The Morgan fingerprint density at radius 3 is 2.64 bits per heavy atom. The summed E-state index contributed by atoms with van der Waals surface area (Å²) in [6, 6.07) is 3.38. The molecule has 1 aromatic rings. The molecule has 0 aliphatic carbocycles. The van der Waals surface area contributed by atoms with Gasteiger partial charge in [0.15, 0.2) is 5.12 Å². The summed E-state index contributed by atoms with van der Waals surface area (Å²) in [5, 5.41) is 2.58. The second-order valence-corrected chi connectivity index (χ2v) is 3.72. The number of carbonyl (C=O) groups excluding carboxylic acids is 2. The molecule has 0 unspecified atom stereocenters. The van der Waals surface area contributed by atoms with Crippen LogP contribution in [0.25, 0.3) is 0 Å². The lowest BCUT2D eigenvalue weighted by atomic mass is 10.4. The van der Waals surface area contributed by atoms with Gasteiger partial charge in [0.1, 0.15) is 0 Å². The first kappa shape index (κ1) is 10.7. The molecule has 0 aliphatic heterocycles. The third-order valence-corrected chi connectivity index (χ3v) is 2.18. The lowest BCUT2D eigenvalue weighted by molar-refractivity contribution is -0.114. The Hall–Kier alpha value is -1.36. The van der Waals surface area contributed by atoms with Crippen molar-refractivity contribution in [3.8, 4) is 0 Å². The van der Waals surface area contributed by atoms with Gasteiger partial charge < -0.3 is 5.32 Å². The summed E-state index contributed by atoms with van der Waals surface area (Å²) in [6.45, 7) is 1.43. The lowest BCUT2D eigenvalue weighted by Crippen LogP contribution is -2.14. The Labute approximate surface area is 86.1 Å². The lowest BCUT2D eigenvalue weighted by Gasteiger charge is -2.02. The number of aromatic nitrogens is 1. The molecule has 0 saturated heterocycles. The van der Waals surface area contributed by atoms with Crippen LogP contribution in [0.4, 0.5) is 5.69 Å². The van der Waals surface area contributed by atoms with Crippen LogP contribution in [0.2, 0.25) is 0 Å². The van der Waals surface area contributed by atoms with Crippen LogP contribution in [-0.4, -0.2) is 21.8 Å². The molecule has 1 aromatic heterocycles. The molecule has 14 heavy (non-hydrogen) atoms. The van der Waals surface area contributed by atoms with Gasteiger partial charge in [0.2, 0.25) is 5.91 Å². The Balaban J connectivity index is 2.38. The van der Waals surface area contributed by atoms with Gasteiger partial charge in [-0.25, -0.2) is 0 Å². The summed E-state index contributed by atoms with van der Waals surface area (Å²) in [4.78, 5) is 25.6. The fourth-order valence-electron chi connectivity index (χ4n) is 0.799. The molecule has 1 rings (SSSR count). The van der Waals surface area contributed by atoms with Crippen LogP contribution >= 0.6 is 11.8 Å². The summed E-state index contributed by atoms with van der Waals surface area (Å²) >= 11 is 0.992. The summed E-state index contributed by atoms with van der Waals surface area (Å²) in [5.41, 5.74) is 0.689. The van der Waals surface area contributed by atoms with E-state index in [-0.39, 0.29) is 16.8 Å². The Morgan fingerprint density at radius 2 is 2.07 bits per heavy atom. The van der Waals surface area contributed by atoms with E-state index in [0.717, 1.165) is 11.8 Å². The number of nitrogens with one attached hydrogen (secondary N) is 1. The van der Waals surface area contributed by atoms with Gasteiger partial charge in [0.05, 0.1) is 5.75 Å².